The number of halogens is 1. The van der Waals surface area contributed by atoms with E-state index in [4.69, 9.17) is 16.3 Å². The van der Waals surface area contributed by atoms with E-state index in [0.29, 0.717) is 13.2 Å². The van der Waals surface area contributed by atoms with Gasteiger partial charge in [-0.3, -0.25) is 14.2 Å². The fraction of sp³-hybridized carbons (Fsp3) is 0.545. The second kappa shape index (κ2) is 7.13. The molecule has 0 bridgehead atoms. The van der Waals surface area contributed by atoms with Crippen molar-refractivity contribution >= 4 is 17.5 Å². The quantitative estimate of drug-likeness (QED) is 0.609. The van der Waals surface area contributed by atoms with Gasteiger partial charge in [0.25, 0.3) is 5.56 Å². The molecule has 100 valence electrons. The summed E-state index contributed by atoms with van der Waals surface area (Å²) >= 11 is 5.58. The van der Waals surface area contributed by atoms with Crippen LogP contribution in [0.2, 0.25) is 5.15 Å². The van der Waals surface area contributed by atoms with Crippen LogP contribution in [0.1, 0.15) is 19.4 Å². The highest BCUT2D eigenvalue weighted by Gasteiger charge is 2.15. The van der Waals surface area contributed by atoms with Gasteiger partial charge in [0.05, 0.1) is 6.33 Å². The number of nitrogens with zero attached hydrogens (tertiary/aromatic N) is 2. The smallest absolute Gasteiger partial charge is 0.255 e. The largest absolute Gasteiger partial charge is 0.385 e. The lowest BCUT2D eigenvalue weighted by Gasteiger charge is -2.14. The van der Waals surface area contributed by atoms with Gasteiger partial charge in [0.1, 0.15) is 11.2 Å². The van der Waals surface area contributed by atoms with Gasteiger partial charge in [0.2, 0.25) is 5.91 Å². The van der Waals surface area contributed by atoms with Crippen molar-refractivity contribution in [1.29, 1.82) is 0 Å². The lowest BCUT2D eigenvalue weighted by atomic mass is 10.3. The maximum absolute atomic E-state index is 11.8. The average molecular weight is 274 g/mol. The fourth-order valence-electron chi connectivity index (χ4n) is 1.38. The van der Waals surface area contributed by atoms with Crippen LogP contribution < -0.4 is 10.9 Å². The van der Waals surface area contributed by atoms with Crippen molar-refractivity contribution in [2.45, 2.75) is 19.4 Å². The summed E-state index contributed by atoms with van der Waals surface area (Å²) in [5, 5.41) is 2.83. The number of ether oxygens (including phenoxy) is 1. The summed E-state index contributed by atoms with van der Waals surface area (Å²) in [6, 6.07) is 0.556. The molecule has 1 heterocycles. The molecule has 1 aromatic rings. The molecule has 1 atom stereocenters. The molecule has 0 aliphatic rings. The van der Waals surface area contributed by atoms with Crippen LogP contribution in [0.15, 0.2) is 17.2 Å². The van der Waals surface area contributed by atoms with Gasteiger partial charge in [-0.2, -0.15) is 0 Å². The molecule has 1 aromatic heterocycles. The predicted octanol–water partition coefficient (Wildman–Crippen LogP) is 0.610. The van der Waals surface area contributed by atoms with Crippen LogP contribution in [0, 0.1) is 0 Å². The first-order chi connectivity index (χ1) is 8.56. The lowest BCUT2D eigenvalue weighted by Crippen LogP contribution is -2.36. The number of methoxy groups -OCH3 is 1. The Hall–Kier alpha value is -1.40. The minimum atomic E-state index is -0.621. The second-order valence-electron chi connectivity index (χ2n) is 3.77. The van der Waals surface area contributed by atoms with Gasteiger partial charge in [0.15, 0.2) is 0 Å². The Morgan fingerprint density at radius 1 is 1.67 bits per heavy atom. The molecular weight excluding hydrogens is 258 g/mol. The van der Waals surface area contributed by atoms with E-state index in [1.807, 2.05) is 0 Å². The maximum Gasteiger partial charge on any atom is 0.255 e. The van der Waals surface area contributed by atoms with Crippen LogP contribution in [-0.4, -0.2) is 35.7 Å². The Labute approximate surface area is 110 Å². The Morgan fingerprint density at radius 3 is 3.00 bits per heavy atom. The minimum Gasteiger partial charge on any atom is -0.385 e. The van der Waals surface area contributed by atoms with Gasteiger partial charge in [-0.05, 0) is 13.3 Å². The van der Waals surface area contributed by atoms with Crippen molar-refractivity contribution in [3.05, 3.63) is 27.9 Å². The molecule has 1 unspecified atom stereocenters. The number of amides is 1. The van der Waals surface area contributed by atoms with Gasteiger partial charge in [0, 0.05) is 26.3 Å². The highest BCUT2D eigenvalue weighted by Crippen LogP contribution is 2.03. The maximum atomic E-state index is 11.8. The van der Waals surface area contributed by atoms with Crippen LogP contribution in [0.3, 0.4) is 0 Å². The van der Waals surface area contributed by atoms with E-state index in [1.54, 1.807) is 14.0 Å². The van der Waals surface area contributed by atoms with Crippen molar-refractivity contribution in [2.24, 2.45) is 0 Å². The summed E-state index contributed by atoms with van der Waals surface area (Å²) in [7, 11) is 1.60. The van der Waals surface area contributed by atoms with Gasteiger partial charge in [-0.1, -0.05) is 11.6 Å². The Kier molecular flexibility index (Phi) is 5.80. The van der Waals surface area contributed by atoms with E-state index in [9.17, 15) is 9.59 Å². The minimum absolute atomic E-state index is 0.115. The summed E-state index contributed by atoms with van der Waals surface area (Å²) in [6.07, 6.45) is 1.99. The Balaban J connectivity index is 2.60. The zero-order valence-electron chi connectivity index (χ0n) is 10.4. The number of rotatable bonds is 6. The number of carbonyl (C=O) groups is 1. The summed E-state index contributed by atoms with van der Waals surface area (Å²) in [6.45, 7) is 2.71. The number of nitrogens with one attached hydrogen (secondary N) is 1. The molecule has 0 aromatic carbocycles. The molecule has 0 fully saturated rings. The van der Waals surface area contributed by atoms with Crippen LogP contribution in [0.25, 0.3) is 0 Å². The fourth-order valence-corrected chi connectivity index (χ4v) is 1.52. The molecular formula is C11H16ClN3O3. The SMILES string of the molecule is COCCCNC(=O)C(C)n1cnc(Cl)cc1=O. The molecule has 18 heavy (non-hydrogen) atoms. The van der Waals surface area contributed by atoms with E-state index in [0.717, 1.165) is 6.42 Å². The highest BCUT2D eigenvalue weighted by atomic mass is 35.5. The summed E-state index contributed by atoms with van der Waals surface area (Å²) in [5.74, 6) is -0.239. The van der Waals surface area contributed by atoms with Crippen LogP contribution in [-0.2, 0) is 9.53 Å². The van der Waals surface area contributed by atoms with E-state index < -0.39 is 6.04 Å². The zero-order chi connectivity index (χ0) is 13.5. The molecule has 7 heteroatoms. The normalized spacial score (nSPS) is 12.2. The van der Waals surface area contributed by atoms with Crippen molar-refractivity contribution in [3.8, 4) is 0 Å². The van der Waals surface area contributed by atoms with E-state index in [2.05, 4.69) is 10.3 Å². The third kappa shape index (κ3) is 4.12. The first kappa shape index (κ1) is 14.7. The second-order valence-corrected chi connectivity index (χ2v) is 4.16. The first-order valence-electron chi connectivity index (χ1n) is 5.56. The first-order valence-corrected chi connectivity index (χ1v) is 5.94. The summed E-state index contributed by atoms with van der Waals surface area (Å²) in [4.78, 5) is 27.2. The standard InChI is InChI=1S/C11H16ClN3O3/c1-8(11(17)13-4-3-5-18-2)15-7-14-9(12)6-10(15)16/h6-8H,3-5H2,1-2H3,(H,13,17). The monoisotopic (exact) mass is 273 g/mol. The molecule has 1 amide bonds. The third-order valence-electron chi connectivity index (χ3n) is 2.42. The van der Waals surface area contributed by atoms with Crippen LogP contribution >= 0.6 is 11.6 Å². The molecule has 0 radical (unpaired) electrons. The average Bonchev–Trinajstić information content (AvgIpc) is 2.33. The van der Waals surface area contributed by atoms with E-state index in [1.165, 1.54) is 17.0 Å². The highest BCUT2D eigenvalue weighted by molar-refractivity contribution is 6.29. The van der Waals surface area contributed by atoms with Crippen LogP contribution in [0.5, 0.6) is 0 Å². The molecule has 0 saturated carbocycles. The predicted molar refractivity (Wildman–Crippen MR) is 67.7 cm³/mol. The van der Waals surface area contributed by atoms with E-state index in [-0.39, 0.29) is 16.6 Å². The number of carbonyl (C=O) groups excluding carboxylic acids is 1. The molecule has 0 spiro atoms. The number of hydrogen-bond donors (Lipinski definition) is 1. The number of aromatic nitrogens is 2. The van der Waals surface area contributed by atoms with Crippen molar-refractivity contribution in [1.82, 2.24) is 14.9 Å². The summed E-state index contributed by atoms with van der Waals surface area (Å²) < 4.78 is 6.10. The zero-order valence-corrected chi connectivity index (χ0v) is 11.1. The lowest BCUT2D eigenvalue weighted by molar-refractivity contribution is -0.124. The molecule has 1 N–H and O–H groups in total. The molecule has 6 nitrogen and oxygen atoms in total. The topological polar surface area (TPSA) is 73.2 Å². The summed E-state index contributed by atoms with van der Waals surface area (Å²) in [5.41, 5.74) is -0.352. The van der Waals surface area contributed by atoms with Crippen molar-refractivity contribution < 1.29 is 9.53 Å². The Bertz CT molecular complexity index is 461. The molecule has 1 rings (SSSR count). The van der Waals surface area contributed by atoms with Gasteiger partial charge in [-0.25, -0.2) is 4.98 Å². The molecule has 0 saturated heterocycles. The molecule has 0 aliphatic heterocycles. The Morgan fingerprint density at radius 2 is 2.39 bits per heavy atom. The van der Waals surface area contributed by atoms with E-state index >= 15 is 0 Å². The molecule has 0 aliphatic carbocycles. The van der Waals surface area contributed by atoms with Crippen molar-refractivity contribution in [3.63, 3.8) is 0 Å². The number of hydrogen-bond acceptors (Lipinski definition) is 4. The van der Waals surface area contributed by atoms with Gasteiger partial charge in [-0.15, -0.1) is 0 Å². The van der Waals surface area contributed by atoms with Crippen molar-refractivity contribution in [2.75, 3.05) is 20.3 Å². The third-order valence-corrected chi connectivity index (χ3v) is 2.63. The van der Waals surface area contributed by atoms with Gasteiger partial charge >= 0.3 is 0 Å². The van der Waals surface area contributed by atoms with Gasteiger partial charge < -0.3 is 10.1 Å². The van der Waals surface area contributed by atoms with Crippen LogP contribution in [0.4, 0.5) is 0 Å².